The normalized spacial score (nSPS) is 11.4. The van der Waals surface area contributed by atoms with Crippen LogP contribution in [0.25, 0.3) is 0 Å². The van der Waals surface area contributed by atoms with Crippen molar-refractivity contribution in [2.24, 2.45) is 0 Å². The van der Waals surface area contributed by atoms with Crippen LogP contribution in [0.2, 0.25) is 5.02 Å². The zero-order chi connectivity index (χ0) is 15.6. The third-order valence-electron chi connectivity index (χ3n) is 3.15. The summed E-state index contributed by atoms with van der Waals surface area (Å²) in [4.78, 5) is 0.163. The van der Waals surface area contributed by atoms with Gasteiger partial charge in [-0.05, 0) is 49.7 Å². The quantitative estimate of drug-likeness (QED) is 0.935. The van der Waals surface area contributed by atoms with Crippen LogP contribution in [-0.2, 0) is 10.0 Å². The number of sulfonamides is 1. The molecule has 2 aromatic rings. The molecule has 0 unspecified atom stereocenters. The topological polar surface area (TPSA) is 57.6 Å². The lowest BCUT2D eigenvalue weighted by atomic mass is 10.2. The zero-order valence-electron chi connectivity index (χ0n) is 11.7. The highest BCUT2D eigenvalue weighted by molar-refractivity contribution is 7.92. The zero-order valence-corrected chi connectivity index (χ0v) is 13.3. The summed E-state index contributed by atoms with van der Waals surface area (Å²) in [6, 6.07) is 10.7. The van der Waals surface area contributed by atoms with Crippen molar-refractivity contribution in [3.05, 3.63) is 53.1 Å². The standard InChI is InChI=1S/C15H16ClNO3S/c1-3-17(15-10-13(18)7-4-11(15)2)21(19,20)14-8-5-12(16)6-9-14/h4-10,18H,3H2,1-2H3. The van der Waals surface area contributed by atoms with Crippen LogP contribution in [0.4, 0.5) is 5.69 Å². The van der Waals surface area contributed by atoms with Crippen LogP contribution in [-0.4, -0.2) is 20.1 Å². The smallest absolute Gasteiger partial charge is 0.264 e. The fourth-order valence-corrected chi connectivity index (χ4v) is 3.73. The second kappa shape index (κ2) is 5.95. The fourth-order valence-electron chi connectivity index (χ4n) is 2.07. The SMILES string of the molecule is CCN(c1cc(O)ccc1C)S(=O)(=O)c1ccc(Cl)cc1. The van der Waals surface area contributed by atoms with Gasteiger partial charge < -0.3 is 5.11 Å². The van der Waals surface area contributed by atoms with E-state index in [4.69, 9.17) is 11.6 Å². The molecule has 1 N–H and O–H groups in total. The van der Waals surface area contributed by atoms with Gasteiger partial charge in [-0.1, -0.05) is 17.7 Å². The Labute approximate surface area is 129 Å². The second-order valence-electron chi connectivity index (χ2n) is 4.59. The van der Waals surface area contributed by atoms with Crippen molar-refractivity contribution in [2.45, 2.75) is 18.7 Å². The van der Waals surface area contributed by atoms with E-state index in [1.54, 1.807) is 19.9 Å². The Balaban J connectivity index is 2.54. The summed E-state index contributed by atoms with van der Waals surface area (Å²) in [6.07, 6.45) is 0. The van der Waals surface area contributed by atoms with Gasteiger partial charge in [0.05, 0.1) is 10.6 Å². The Kier molecular flexibility index (Phi) is 4.44. The van der Waals surface area contributed by atoms with Gasteiger partial charge in [-0.3, -0.25) is 4.31 Å². The first-order valence-corrected chi connectivity index (χ1v) is 8.26. The van der Waals surface area contributed by atoms with E-state index < -0.39 is 10.0 Å². The highest BCUT2D eigenvalue weighted by Gasteiger charge is 2.24. The summed E-state index contributed by atoms with van der Waals surface area (Å²) < 4.78 is 26.7. The van der Waals surface area contributed by atoms with E-state index in [2.05, 4.69) is 0 Å². The van der Waals surface area contributed by atoms with Crippen molar-refractivity contribution in [2.75, 3.05) is 10.8 Å². The molecule has 0 aliphatic carbocycles. The summed E-state index contributed by atoms with van der Waals surface area (Å²) in [5, 5.41) is 10.1. The van der Waals surface area contributed by atoms with E-state index in [9.17, 15) is 13.5 Å². The highest BCUT2D eigenvalue weighted by Crippen LogP contribution is 2.30. The van der Waals surface area contributed by atoms with Crippen LogP contribution in [0.5, 0.6) is 5.75 Å². The van der Waals surface area contributed by atoms with Crippen molar-refractivity contribution in [1.82, 2.24) is 0 Å². The predicted octanol–water partition coefficient (Wildman–Crippen LogP) is 3.57. The van der Waals surface area contributed by atoms with Gasteiger partial charge in [-0.25, -0.2) is 8.42 Å². The van der Waals surface area contributed by atoms with Gasteiger partial charge in [-0.15, -0.1) is 0 Å². The first-order chi connectivity index (χ1) is 9.86. The van der Waals surface area contributed by atoms with E-state index in [1.807, 2.05) is 0 Å². The average molecular weight is 326 g/mol. The monoisotopic (exact) mass is 325 g/mol. The average Bonchev–Trinajstić information content (AvgIpc) is 2.43. The number of hydrogen-bond donors (Lipinski definition) is 1. The molecule has 0 saturated heterocycles. The molecule has 0 amide bonds. The molecule has 4 nitrogen and oxygen atoms in total. The molecule has 0 aliphatic heterocycles. The molecule has 0 heterocycles. The molecule has 0 aliphatic rings. The van der Waals surface area contributed by atoms with Crippen LogP contribution < -0.4 is 4.31 Å². The summed E-state index contributed by atoms with van der Waals surface area (Å²) in [5.74, 6) is 0.0281. The maximum absolute atomic E-state index is 12.7. The third-order valence-corrected chi connectivity index (χ3v) is 5.31. The number of anilines is 1. The minimum Gasteiger partial charge on any atom is -0.508 e. The van der Waals surface area contributed by atoms with Crippen molar-refractivity contribution < 1.29 is 13.5 Å². The number of aromatic hydroxyl groups is 1. The lowest BCUT2D eigenvalue weighted by Gasteiger charge is -2.24. The van der Waals surface area contributed by atoms with Gasteiger partial charge in [-0.2, -0.15) is 0 Å². The highest BCUT2D eigenvalue weighted by atomic mass is 35.5. The molecule has 2 rings (SSSR count). The summed E-state index contributed by atoms with van der Waals surface area (Å²) >= 11 is 5.80. The summed E-state index contributed by atoms with van der Waals surface area (Å²) in [7, 11) is -3.70. The summed E-state index contributed by atoms with van der Waals surface area (Å²) in [6.45, 7) is 3.81. The lowest BCUT2D eigenvalue weighted by Crippen LogP contribution is -2.31. The number of aryl methyl sites for hydroxylation is 1. The van der Waals surface area contributed by atoms with Crippen molar-refractivity contribution in [3.8, 4) is 5.75 Å². The van der Waals surface area contributed by atoms with Crippen molar-refractivity contribution in [1.29, 1.82) is 0 Å². The first kappa shape index (κ1) is 15.7. The largest absolute Gasteiger partial charge is 0.508 e. The molecular weight excluding hydrogens is 310 g/mol. The molecular formula is C15H16ClNO3S. The number of phenols is 1. The first-order valence-electron chi connectivity index (χ1n) is 6.44. The van der Waals surface area contributed by atoms with Crippen molar-refractivity contribution >= 4 is 27.3 Å². The van der Waals surface area contributed by atoms with Gasteiger partial charge in [0.25, 0.3) is 10.0 Å². The molecule has 112 valence electrons. The van der Waals surface area contributed by atoms with Gasteiger partial charge in [0.1, 0.15) is 5.75 Å². The number of phenolic OH excluding ortho intramolecular Hbond substituents is 1. The van der Waals surface area contributed by atoms with Crippen LogP contribution in [0, 0.1) is 6.92 Å². The van der Waals surface area contributed by atoms with Gasteiger partial charge >= 0.3 is 0 Å². The molecule has 0 radical (unpaired) electrons. The van der Waals surface area contributed by atoms with E-state index in [1.165, 1.54) is 40.7 Å². The van der Waals surface area contributed by atoms with Gasteiger partial charge in [0.2, 0.25) is 0 Å². The van der Waals surface area contributed by atoms with E-state index in [0.29, 0.717) is 10.7 Å². The van der Waals surface area contributed by atoms with Gasteiger partial charge in [0, 0.05) is 17.6 Å². The Hall–Kier alpha value is -1.72. The van der Waals surface area contributed by atoms with Crippen molar-refractivity contribution in [3.63, 3.8) is 0 Å². The van der Waals surface area contributed by atoms with Gasteiger partial charge in [0.15, 0.2) is 0 Å². The van der Waals surface area contributed by atoms with E-state index in [-0.39, 0.29) is 17.2 Å². The molecule has 0 spiro atoms. The van der Waals surface area contributed by atoms with Crippen LogP contribution in [0.1, 0.15) is 12.5 Å². The Morgan fingerprint density at radius 2 is 1.76 bits per heavy atom. The van der Waals surface area contributed by atoms with Crippen LogP contribution in [0.3, 0.4) is 0 Å². The number of benzene rings is 2. The maximum atomic E-state index is 12.7. The molecule has 0 fully saturated rings. The number of rotatable bonds is 4. The minimum absolute atomic E-state index is 0.0281. The second-order valence-corrected chi connectivity index (χ2v) is 6.89. The molecule has 0 aromatic heterocycles. The Morgan fingerprint density at radius 1 is 1.14 bits per heavy atom. The predicted molar refractivity (Wildman–Crippen MR) is 84.5 cm³/mol. The maximum Gasteiger partial charge on any atom is 0.264 e. The number of halogens is 1. The molecule has 21 heavy (non-hydrogen) atoms. The molecule has 0 saturated carbocycles. The molecule has 0 bridgehead atoms. The Bertz CT molecular complexity index is 742. The minimum atomic E-state index is -3.70. The fraction of sp³-hybridized carbons (Fsp3) is 0.200. The number of nitrogens with zero attached hydrogens (tertiary/aromatic N) is 1. The van der Waals surface area contributed by atoms with Crippen LogP contribution >= 0.6 is 11.6 Å². The molecule has 0 atom stereocenters. The number of hydrogen-bond acceptors (Lipinski definition) is 3. The molecule has 2 aromatic carbocycles. The van der Waals surface area contributed by atoms with E-state index >= 15 is 0 Å². The van der Waals surface area contributed by atoms with Crippen LogP contribution in [0.15, 0.2) is 47.4 Å². The Morgan fingerprint density at radius 3 is 2.33 bits per heavy atom. The molecule has 6 heteroatoms. The third kappa shape index (κ3) is 3.14. The van der Waals surface area contributed by atoms with E-state index in [0.717, 1.165) is 5.56 Å². The lowest BCUT2D eigenvalue weighted by molar-refractivity contribution is 0.475. The summed E-state index contributed by atoms with van der Waals surface area (Å²) in [5.41, 5.74) is 1.24.